The van der Waals surface area contributed by atoms with E-state index in [0.29, 0.717) is 11.6 Å². The highest BCUT2D eigenvalue weighted by Gasteiger charge is 2.02. The minimum atomic E-state index is 0.589. The normalized spacial score (nSPS) is 11.1. The first-order valence-corrected chi connectivity index (χ1v) is 4.67. The quantitative estimate of drug-likeness (QED) is 0.718. The molecule has 4 nitrogen and oxygen atoms in total. The first-order valence-electron chi connectivity index (χ1n) is 4.67. The number of hydrogen-bond acceptors (Lipinski definition) is 4. The van der Waals surface area contributed by atoms with Crippen molar-refractivity contribution in [3.8, 4) is 0 Å². The van der Waals surface area contributed by atoms with E-state index in [4.69, 9.17) is 0 Å². The molecule has 2 rings (SSSR count). The molecule has 0 aromatic carbocycles. The van der Waals surface area contributed by atoms with Crippen LogP contribution in [0, 0.1) is 5.92 Å². The molecule has 0 fully saturated rings. The van der Waals surface area contributed by atoms with E-state index in [1.807, 2.05) is 0 Å². The topological polar surface area (TPSA) is 51.6 Å². The van der Waals surface area contributed by atoms with E-state index in [2.05, 4.69) is 33.8 Å². The molecular weight excluding hydrogens is 176 g/mol. The summed E-state index contributed by atoms with van der Waals surface area (Å²) in [5.74, 6) is 0.589. The van der Waals surface area contributed by atoms with Crippen molar-refractivity contribution in [1.29, 1.82) is 0 Å². The van der Waals surface area contributed by atoms with Crippen LogP contribution in [0.3, 0.4) is 0 Å². The molecule has 0 aliphatic heterocycles. The van der Waals surface area contributed by atoms with Gasteiger partial charge in [-0.1, -0.05) is 13.8 Å². The fraction of sp³-hybridized carbons (Fsp3) is 0.400. The number of nitrogens with zero attached hydrogens (tertiary/aromatic N) is 4. The van der Waals surface area contributed by atoms with E-state index in [9.17, 15) is 0 Å². The molecule has 0 radical (unpaired) electrons. The Labute approximate surface area is 82.5 Å². The lowest BCUT2D eigenvalue weighted by Gasteiger charge is -2.03. The zero-order valence-electron chi connectivity index (χ0n) is 8.31. The summed E-state index contributed by atoms with van der Waals surface area (Å²) < 4.78 is 0. The van der Waals surface area contributed by atoms with Crippen molar-refractivity contribution in [3.63, 3.8) is 0 Å². The minimum Gasteiger partial charge on any atom is -0.246 e. The van der Waals surface area contributed by atoms with Crippen LogP contribution in [0.4, 0.5) is 0 Å². The standard InChI is InChI=1S/C10H12N4/c1-7(2)3-8-4-12-10-9(14-8)5-11-6-13-10/h4-7H,3H2,1-2H3. The Kier molecular flexibility index (Phi) is 2.35. The lowest BCUT2D eigenvalue weighted by Crippen LogP contribution is -1.99. The summed E-state index contributed by atoms with van der Waals surface area (Å²) in [7, 11) is 0. The van der Waals surface area contributed by atoms with Crippen LogP contribution in [0.25, 0.3) is 11.2 Å². The van der Waals surface area contributed by atoms with Crippen LogP contribution >= 0.6 is 0 Å². The Morgan fingerprint density at radius 3 is 2.86 bits per heavy atom. The second kappa shape index (κ2) is 3.65. The van der Waals surface area contributed by atoms with Gasteiger partial charge >= 0.3 is 0 Å². The van der Waals surface area contributed by atoms with Crippen LogP contribution in [0.15, 0.2) is 18.7 Å². The lowest BCUT2D eigenvalue weighted by molar-refractivity contribution is 0.635. The number of rotatable bonds is 2. The first-order chi connectivity index (χ1) is 6.75. The molecular formula is C10H12N4. The Balaban J connectivity index is 2.41. The van der Waals surface area contributed by atoms with Gasteiger partial charge in [0.05, 0.1) is 18.1 Å². The van der Waals surface area contributed by atoms with Gasteiger partial charge in [0, 0.05) is 0 Å². The van der Waals surface area contributed by atoms with Crippen molar-refractivity contribution in [2.75, 3.05) is 0 Å². The van der Waals surface area contributed by atoms with Gasteiger partial charge in [-0.05, 0) is 12.3 Å². The SMILES string of the molecule is CC(C)Cc1cnc2ncncc2n1. The predicted octanol–water partition coefficient (Wildman–Crippen LogP) is 1.62. The largest absolute Gasteiger partial charge is 0.246 e. The smallest absolute Gasteiger partial charge is 0.181 e. The van der Waals surface area contributed by atoms with E-state index < -0.39 is 0 Å². The van der Waals surface area contributed by atoms with Crippen molar-refractivity contribution < 1.29 is 0 Å². The van der Waals surface area contributed by atoms with E-state index in [-0.39, 0.29) is 0 Å². The highest BCUT2D eigenvalue weighted by atomic mass is 14.9. The van der Waals surface area contributed by atoms with Crippen molar-refractivity contribution in [1.82, 2.24) is 19.9 Å². The van der Waals surface area contributed by atoms with E-state index in [1.165, 1.54) is 6.33 Å². The second-order valence-electron chi connectivity index (χ2n) is 3.69. The summed E-state index contributed by atoms with van der Waals surface area (Å²) in [5, 5.41) is 0. The molecule has 2 aromatic heterocycles. The molecule has 2 heterocycles. The molecule has 2 aromatic rings. The molecule has 14 heavy (non-hydrogen) atoms. The number of hydrogen-bond donors (Lipinski definition) is 0. The monoisotopic (exact) mass is 188 g/mol. The van der Waals surface area contributed by atoms with Crippen LogP contribution in [0.5, 0.6) is 0 Å². The molecule has 4 heteroatoms. The molecule has 72 valence electrons. The van der Waals surface area contributed by atoms with Gasteiger partial charge in [0.1, 0.15) is 11.8 Å². The number of aromatic nitrogens is 4. The molecule has 0 aliphatic carbocycles. The maximum atomic E-state index is 4.43. The Morgan fingerprint density at radius 1 is 1.21 bits per heavy atom. The summed E-state index contributed by atoms with van der Waals surface area (Å²) in [5.41, 5.74) is 2.43. The third kappa shape index (κ3) is 1.84. The predicted molar refractivity (Wildman–Crippen MR) is 53.7 cm³/mol. The average Bonchev–Trinajstić information content (AvgIpc) is 2.17. The fourth-order valence-electron chi connectivity index (χ4n) is 1.33. The molecule has 0 bridgehead atoms. The third-order valence-corrected chi connectivity index (χ3v) is 1.89. The first kappa shape index (κ1) is 8.99. The van der Waals surface area contributed by atoms with Crippen molar-refractivity contribution in [2.45, 2.75) is 20.3 Å². The Hall–Kier alpha value is -1.58. The van der Waals surface area contributed by atoms with E-state index in [1.54, 1.807) is 12.4 Å². The van der Waals surface area contributed by atoms with Gasteiger partial charge in [-0.25, -0.2) is 19.9 Å². The lowest BCUT2D eigenvalue weighted by atomic mass is 10.1. The third-order valence-electron chi connectivity index (χ3n) is 1.89. The maximum Gasteiger partial charge on any atom is 0.181 e. The van der Waals surface area contributed by atoms with Gasteiger partial charge in [0.15, 0.2) is 5.65 Å². The van der Waals surface area contributed by atoms with E-state index in [0.717, 1.165) is 17.6 Å². The van der Waals surface area contributed by atoms with Gasteiger partial charge in [-0.15, -0.1) is 0 Å². The van der Waals surface area contributed by atoms with Crippen LogP contribution in [0.1, 0.15) is 19.5 Å². The zero-order chi connectivity index (χ0) is 9.97. The molecule has 0 unspecified atom stereocenters. The molecule has 0 atom stereocenters. The van der Waals surface area contributed by atoms with Gasteiger partial charge in [0.2, 0.25) is 0 Å². The van der Waals surface area contributed by atoms with Crippen LogP contribution in [0.2, 0.25) is 0 Å². The highest BCUT2D eigenvalue weighted by Crippen LogP contribution is 2.08. The van der Waals surface area contributed by atoms with Crippen molar-refractivity contribution in [2.24, 2.45) is 5.92 Å². The Bertz CT molecular complexity index is 439. The zero-order valence-corrected chi connectivity index (χ0v) is 8.31. The van der Waals surface area contributed by atoms with Crippen molar-refractivity contribution in [3.05, 3.63) is 24.4 Å². The van der Waals surface area contributed by atoms with Gasteiger partial charge in [-0.3, -0.25) is 0 Å². The highest BCUT2D eigenvalue weighted by molar-refractivity contribution is 5.67. The molecule has 0 saturated heterocycles. The van der Waals surface area contributed by atoms with Crippen LogP contribution in [-0.2, 0) is 6.42 Å². The molecule has 0 saturated carbocycles. The molecule has 0 aliphatic rings. The minimum absolute atomic E-state index is 0.589. The summed E-state index contributed by atoms with van der Waals surface area (Å²) in [6.07, 6.45) is 5.91. The summed E-state index contributed by atoms with van der Waals surface area (Å²) in [6.45, 7) is 4.32. The van der Waals surface area contributed by atoms with Crippen LogP contribution < -0.4 is 0 Å². The maximum absolute atomic E-state index is 4.43. The van der Waals surface area contributed by atoms with E-state index >= 15 is 0 Å². The average molecular weight is 188 g/mol. The van der Waals surface area contributed by atoms with Gasteiger partial charge < -0.3 is 0 Å². The van der Waals surface area contributed by atoms with Gasteiger partial charge in [-0.2, -0.15) is 0 Å². The molecule has 0 spiro atoms. The van der Waals surface area contributed by atoms with Crippen LogP contribution in [-0.4, -0.2) is 19.9 Å². The Morgan fingerprint density at radius 2 is 2.07 bits per heavy atom. The fourth-order valence-corrected chi connectivity index (χ4v) is 1.33. The van der Waals surface area contributed by atoms with Crippen molar-refractivity contribution >= 4 is 11.2 Å². The summed E-state index contributed by atoms with van der Waals surface area (Å²) >= 11 is 0. The molecule has 0 amide bonds. The number of fused-ring (bicyclic) bond motifs is 1. The second-order valence-corrected chi connectivity index (χ2v) is 3.69. The summed E-state index contributed by atoms with van der Waals surface area (Å²) in [4.78, 5) is 16.6. The molecule has 0 N–H and O–H groups in total. The summed E-state index contributed by atoms with van der Waals surface area (Å²) in [6, 6.07) is 0. The van der Waals surface area contributed by atoms with Gasteiger partial charge in [0.25, 0.3) is 0 Å².